The molecule has 3 rings (SSSR count). The Bertz CT molecular complexity index is 877. The fourth-order valence-electron chi connectivity index (χ4n) is 2.56. The van der Waals surface area contributed by atoms with Crippen molar-refractivity contribution in [2.45, 2.75) is 13.8 Å². The Labute approximate surface area is 136 Å². The second-order valence-electron chi connectivity index (χ2n) is 5.49. The Morgan fingerprint density at radius 1 is 0.957 bits per heavy atom. The molecule has 0 amide bonds. The lowest BCUT2D eigenvalue weighted by molar-refractivity contribution is 1.19. The lowest BCUT2D eigenvalue weighted by Crippen LogP contribution is -2.00. The van der Waals surface area contributed by atoms with Gasteiger partial charge in [-0.1, -0.05) is 42.5 Å². The SMILES string of the molecule is Cc1cccc(Nc2nc(C)c(-c3ccccc3)cc2C#N)c1. The smallest absolute Gasteiger partial charge is 0.148 e. The Balaban J connectivity index is 2.03. The number of nitrogens with one attached hydrogen (secondary N) is 1. The zero-order chi connectivity index (χ0) is 16.2. The molecule has 0 spiro atoms. The van der Waals surface area contributed by atoms with E-state index in [0.717, 1.165) is 28.1 Å². The summed E-state index contributed by atoms with van der Waals surface area (Å²) in [6.45, 7) is 4.00. The van der Waals surface area contributed by atoms with Gasteiger partial charge in [0.15, 0.2) is 0 Å². The predicted octanol–water partition coefficient (Wildman–Crippen LogP) is 4.98. The van der Waals surface area contributed by atoms with Crippen LogP contribution in [0.1, 0.15) is 16.8 Å². The summed E-state index contributed by atoms with van der Waals surface area (Å²) in [5, 5.41) is 12.7. The van der Waals surface area contributed by atoms with Gasteiger partial charge >= 0.3 is 0 Å². The van der Waals surface area contributed by atoms with E-state index in [4.69, 9.17) is 0 Å². The van der Waals surface area contributed by atoms with Crippen LogP contribution < -0.4 is 5.32 Å². The molecule has 0 bridgehead atoms. The van der Waals surface area contributed by atoms with E-state index in [9.17, 15) is 5.26 Å². The fraction of sp³-hybridized carbons (Fsp3) is 0.100. The first-order valence-corrected chi connectivity index (χ1v) is 7.48. The molecule has 2 aromatic carbocycles. The topological polar surface area (TPSA) is 48.7 Å². The number of hydrogen-bond donors (Lipinski definition) is 1. The van der Waals surface area contributed by atoms with Crippen LogP contribution in [0.15, 0.2) is 60.7 Å². The van der Waals surface area contributed by atoms with Crippen LogP contribution in [-0.2, 0) is 0 Å². The minimum Gasteiger partial charge on any atom is -0.339 e. The molecule has 0 atom stereocenters. The molecule has 23 heavy (non-hydrogen) atoms. The number of benzene rings is 2. The van der Waals surface area contributed by atoms with Gasteiger partial charge in [-0.25, -0.2) is 4.98 Å². The average molecular weight is 299 g/mol. The summed E-state index contributed by atoms with van der Waals surface area (Å²) < 4.78 is 0. The molecule has 3 aromatic rings. The van der Waals surface area contributed by atoms with Gasteiger partial charge in [0.05, 0.1) is 5.56 Å². The van der Waals surface area contributed by atoms with E-state index in [1.165, 1.54) is 0 Å². The summed E-state index contributed by atoms with van der Waals surface area (Å²) >= 11 is 0. The van der Waals surface area contributed by atoms with Crippen LogP contribution in [-0.4, -0.2) is 4.98 Å². The van der Waals surface area contributed by atoms with E-state index < -0.39 is 0 Å². The molecule has 1 N–H and O–H groups in total. The number of anilines is 2. The zero-order valence-electron chi connectivity index (χ0n) is 13.2. The lowest BCUT2D eigenvalue weighted by Gasteiger charge is -2.12. The van der Waals surface area contributed by atoms with Crippen molar-refractivity contribution in [3.8, 4) is 17.2 Å². The Morgan fingerprint density at radius 3 is 2.43 bits per heavy atom. The van der Waals surface area contributed by atoms with Crippen LogP contribution >= 0.6 is 0 Å². The normalized spacial score (nSPS) is 10.1. The summed E-state index contributed by atoms with van der Waals surface area (Å²) in [5.41, 5.74) is 5.57. The minimum absolute atomic E-state index is 0.538. The highest BCUT2D eigenvalue weighted by molar-refractivity contribution is 5.72. The predicted molar refractivity (Wildman–Crippen MR) is 93.6 cm³/mol. The van der Waals surface area contributed by atoms with Gasteiger partial charge in [-0.15, -0.1) is 0 Å². The van der Waals surface area contributed by atoms with Crippen molar-refractivity contribution < 1.29 is 0 Å². The molecule has 0 saturated heterocycles. The summed E-state index contributed by atoms with van der Waals surface area (Å²) in [6.07, 6.45) is 0. The zero-order valence-corrected chi connectivity index (χ0v) is 13.2. The molecule has 0 unspecified atom stereocenters. The maximum absolute atomic E-state index is 9.48. The van der Waals surface area contributed by atoms with Crippen molar-refractivity contribution in [1.29, 1.82) is 5.26 Å². The largest absolute Gasteiger partial charge is 0.339 e. The number of nitriles is 1. The number of aromatic nitrogens is 1. The third-order valence-electron chi connectivity index (χ3n) is 3.70. The summed E-state index contributed by atoms with van der Waals surface area (Å²) in [7, 11) is 0. The average Bonchev–Trinajstić information content (AvgIpc) is 2.56. The molecular formula is C20H17N3. The number of pyridine rings is 1. The van der Waals surface area contributed by atoms with Gasteiger partial charge in [0, 0.05) is 16.9 Å². The minimum atomic E-state index is 0.538. The van der Waals surface area contributed by atoms with Gasteiger partial charge in [-0.2, -0.15) is 5.26 Å². The molecule has 0 aliphatic carbocycles. The van der Waals surface area contributed by atoms with Crippen molar-refractivity contribution in [2.75, 3.05) is 5.32 Å². The molecule has 0 saturated carbocycles. The third-order valence-corrected chi connectivity index (χ3v) is 3.70. The maximum Gasteiger partial charge on any atom is 0.148 e. The highest BCUT2D eigenvalue weighted by Crippen LogP contribution is 2.28. The van der Waals surface area contributed by atoms with Crippen LogP contribution in [0.4, 0.5) is 11.5 Å². The van der Waals surface area contributed by atoms with E-state index in [1.807, 2.05) is 74.5 Å². The van der Waals surface area contributed by atoms with Crippen LogP contribution in [0.2, 0.25) is 0 Å². The first-order valence-electron chi connectivity index (χ1n) is 7.48. The summed E-state index contributed by atoms with van der Waals surface area (Å²) in [5.74, 6) is 0.593. The Hall–Kier alpha value is -3.12. The van der Waals surface area contributed by atoms with Crippen LogP contribution in [0.3, 0.4) is 0 Å². The summed E-state index contributed by atoms with van der Waals surface area (Å²) in [4.78, 5) is 4.61. The van der Waals surface area contributed by atoms with Crippen molar-refractivity contribution >= 4 is 11.5 Å². The lowest BCUT2D eigenvalue weighted by atomic mass is 10.0. The highest BCUT2D eigenvalue weighted by Gasteiger charge is 2.11. The Kier molecular flexibility index (Phi) is 4.07. The summed E-state index contributed by atoms with van der Waals surface area (Å²) in [6, 6.07) is 22.2. The number of rotatable bonds is 3. The monoisotopic (exact) mass is 299 g/mol. The van der Waals surface area contributed by atoms with Crippen LogP contribution in [0, 0.1) is 25.2 Å². The van der Waals surface area contributed by atoms with Crippen molar-refractivity contribution in [1.82, 2.24) is 4.98 Å². The van der Waals surface area contributed by atoms with E-state index in [-0.39, 0.29) is 0 Å². The van der Waals surface area contributed by atoms with E-state index >= 15 is 0 Å². The second-order valence-corrected chi connectivity index (χ2v) is 5.49. The van der Waals surface area contributed by atoms with Crippen LogP contribution in [0.25, 0.3) is 11.1 Å². The molecule has 1 aromatic heterocycles. The van der Waals surface area contributed by atoms with Crippen molar-refractivity contribution in [2.24, 2.45) is 0 Å². The molecule has 0 aliphatic heterocycles. The van der Waals surface area contributed by atoms with Gasteiger partial charge in [0.2, 0.25) is 0 Å². The van der Waals surface area contributed by atoms with E-state index in [2.05, 4.69) is 16.4 Å². The molecule has 0 radical (unpaired) electrons. The Morgan fingerprint density at radius 2 is 1.74 bits per heavy atom. The molecule has 112 valence electrons. The highest BCUT2D eigenvalue weighted by atomic mass is 15.0. The van der Waals surface area contributed by atoms with Crippen molar-refractivity contribution in [3.63, 3.8) is 0 Å². The number of hydrogen-bond acceptors (Lipinski definition) is 3. The molecule has 0 fully saturated rings. The van der Waals surface area contributed by atoms with Gasteiger partial charge in [0.1, 0.15) is 11.9 Å². The van der Waals surface area contributed by atoms with Gasteiger partial charge < -0.3 is 5.32 Å². The van der Waals surface area contributed by atoms with Crippen molar-refractivity contribution in [3.05, 3.63) is 77.5 Å². The maximum atomic E-state index is 9.48. The molecule has 1 heterocycles. The fourth-order valence-corrected chi connectivity index (χ4v) is 2.56. The first kappa shape index (κ1) is 14.8. The molecule has 3 nitrogen and oxygen atoms in total. The standard InChI is InChI=1S/C20H17N3/c1-14-7-6-10-18(11-14)23-20-17(13-21)12-19(15(2)22-20)16-8-4-3-5-9-16/h3-12H,1-2H3,(H,22,23). The number of aryl methyl sites for hydroxylation is 2. The third kappa shape index (κ3) is 3.22. The van der Waals surface area contributed by atoms with E-state index in [0.29, 0.717) is 11.4 Å². The second kappa shape index (κ2) is 6.33. The quantitative estimate of drug-likeness (QED) is 0.742. The first-order chi connectivity index (χ1) is 11.2. The van der Waals surface area contributed by atoms with Gasteiger partial charge in [-0.3, -0.25) is 0 Å². The molecule has 0 aliphatic rings. The molecular weight excluding hydrogens is 282 g/mol. The molecule has 3 heteroatoms. The van der Waals surface area contributed by atoms with Crippen LogP contribution in [0.5, 0.6) is 0 Å². The van der Waals surface area contributed by atoms with Gasteiger partial charge in [0.25, 0.3) is 0 Å². The van der Waals surface area contributed by atoms with Gasteiger partial charge in [-0.05, 0) is 43.2 Å². The number of nitrogens with zero attached hydrogens (tertiary/aromatic N) is 2. The van der Waals surface area contributed by atoms with E-state index in [1.54, 1.807) is 0 Å².